The zero-order chi connectivity index (χ0) is 13.6. The van der Waals surface area contributed by atoms with Crippen LogP contribution < -0.4 is 11.1 Å². The van der Waals surface area contributed by atoms with Crippen LogP contribution in [0.1, 0.15) is 37.2 Å². The van der Waals surface area contributed by atoms with Crippen molar-refractivity contribution in [1.29, 1.82) is 0 Å². The van der Waals surface area contributed by atoms with Crippen LogP contribution in [0.5, 0.6) is 0 Å². The quantitative estimate of drug-likeness (QED) is 0.739. The summed E-state index contributed by atoms with van der Waals surface area (Å²) >= 11 is 0. The first-order valence-corrected chi connectivity index (χ1v) is 6.01. The standard InChI is InChI=1S/C12H20N4O2/c1-4-12(5-2,8-13)14-10-7-6-9(15-16-10)11(17)18-3/h6-7H,4-5,8,13H2,1-3H3,(H,14,16). The molecule has 0 aliphatic rings. The van der Waals surface area contributed by atoms with E-state index in [1.165, 1.54) is 7.11 Å². The molecule has 0 radical (unpaired) electrons. The maximum atomic E-state index is 11.2. The van der Waals surface area contributed by atoms with E-state index in [9.17, 15) is 4.79 Å². The van der Waals surface area contributed by atoms with E-state index < -0.39 is 5.97 Å². The molecule has 1 heterocycles. The molecule has 0 aromatic carbocycles. The Bertz CT molecular complexity index is 379. The number of hydrogen-bond acceptors (Lipinski definition) is 6. The summed E-state index contributed by atoms with van der Waals surface area (Å²) in [5, 5.41) is 11.0. The van der Waals surface area contributed by atoms with Gasteiger partial charge in [-0.2, -0.15) is 0 Å². The summed E-state index contributed by atoms with van der Waals surface area (Å²) in [6, 6.07) is 3.28. The van der Waals surface area contributed by atoms with Crippen molar-refractivity contribution in [2.75, 3.05) is 19.0 Å². The summed E-state index contributed by atoms with van der Waals surface area (Å²) in [7, 11) is 1.31. The third-order valence-corrected chi connectivity index (χ3v) is 3.20. The van der Waals surface area contributed by atoms with E-state index in [0.717, 1.165) is 12.8 Å². The molecule has 0 aliphatic carbocycles. The minimum atomic E-state index is -0.495. The topological polar surface area (TPSA) is 90.1 Å². The molecule has 6 nitrogen and oxygen atoms in total. The van der Waals surface area contributed by atoms with Gasteiger partial charge < -0.3 is 15.8 Å². The molecule has 0 atom stereocenters. The second-order valence-electron chi connectivity index (χ2n) is 4.11. The molecule has 100 valence electrons. The first-order valence-electron chi connectivity index (χ1n) is 6.01. The Labute approximate surface area is 107 Å². The SMILES string of the molecule is CCC(CC)(CN)Nc1ccc(C(=O)OC)nn1. The van der Waals surface area contributed by atoms with Crippen molar-refractivity contribution in [2.45, 2.75) is 32.2 Å². The summed E-state index contributed by atoms with van der Waals surface area (Å²) in [5.41, 5.74) is 5.80. The second kappa shape index (κ2) is 6.30. The summed E-state index contributed by atoms with van der Waals surface area (Å²) < 4.78 is 4.56. The lowest BCUT2D eigenvalue weighted by atomic mass is 9.93. The fraction of sp³-hybridized carbons (Fsp3) is 0.583. The van der Waals surface area contributed by atoms with Gasteiger partial charge in [0.2, 0.25) is 0 Å². The highest BCUT2D eigenvalue weighted by Gasteiger charge is 2.24. The van der Waals surface area contributed by atoms with Gasteiger partial charge in [-0.25, -0.2) is 4.79 Å². The molecule has 1 aromatic rings. The van der Waals surface area contributed by atoms with Gasteiger partial charge in [-0.05, 0) is 25.0 Å². The van der Waals surface area contributed by atoms with Crippen LogP contribution in [0.4, 0.5) is 5.82 Å². The van der Waals surface area contributed by atoms with Crippen LogP contribution in [0, 0.1) is 0 Å². The zero-order valence-corrected chi connectivity index (χ0v) is 11.1. The summed E-state index contributed by atoms with van der Waals surface area (Å²) in [5.74, 6) is 0.113. The number of esters is 1. The van der Waals surface area contributed by atoms with Crippen molar-refractivity contribution in [3.8, 4) is 0 Å². The van der Waals surface area contributed by atoms with Crippen LogP contribution in [0.2, 0.25) is 0 Å². The summed E-state index contributed by atoms with van der Waals surface area (Å²) in [4.78, 5) is 11.2. The lowest BCUT2D eigenvalue weighted by molar-refractivity contribution is 0.0593. The van der Waals surface area contributed by atoms with Crippen LogP contribution in [-0.2, 0) is 4.74 Å². The molecule has 1 rings (SSSR count). The number of ether oxygens (including phenoxy) is 1. The van der Waals surface area contributed by atoms with E-state index in [0.29, 0.717) is 12.4 Å². The van der Waals surface area contributed by atoms with Crippen molar-refractivity contribution < 1.29 is 9.53 Å². The van der Waals surface area contributed by atoms with E-state index in [1.807, 2.05) is 0 Å². The first kappa shape index (κ1) is 14.4. The largest absolute Gasteiger partial charge is 0.464 e. The van der Waals surface area contributed by atoms with E-state index in [1.54, 1.807) is 12.1 Å². The Morgan fingerprint density at radius 1 is 1.39 bits per heavy atom. The van der Waals surface area contributed by atoms with Crippen molar-refractivity contribution in [3.63, 3.8) is 0 Å². The zero-order valence-electron chi connectivity index (χ0n) is 11.1. The monoisotopic (exact) mass is 252 g/mol. The lowest BCUT2D eigenvalue weighted by Crippen LogP contribution is -2.44. The van der Waals surface area contributed by atoms with E-state index in [2.05, 4.69) is 34.1 Å². The Balaban J connectivity index is 2.83. The molecular formula is C12H20N4O2. The number of nitrogens with zero attached hydrogens (tertiary/aromatic N) is 2. The second-order valence-corrected chi connectivity index (χ2v) is 4.11. The molecule has 1 aromatic heterocycles. The maximum Gasteiger partial charge on any atom is 0.358 e. The van der Waals surface area contributed by atoms with Crippen LogP contribution in [0.3, 0.4) is 0 Å². The smallest absolute Gasteiger partial charge is 0.358 e. The fourth-order valence-corrected chi connectivity index (χ4v) is 1.65. The highest BCUT2D eigenvalue weighted by atomic mass is 16.5. The molecule has 0 unspecified atom stereocenters. The minimum Gasteiger partial charge on any atom is -0.464 e. The molecule has 0 saturated carbocycles. The number of rotatable bonds is 6. The van der Waals surface area contributed by atoms with E-state index in [4.69, 9.17) is 5.73 Å². The van der Waals surface area contributed by atoms with Gasteiger partial charge in [0.25, 0.3) is 0 Å². The molecule has 0 aliphatic heterocycles. The number of hydrogen-bond donors (Lipinski definition) is 2. The van der Waals surface area contributed by atoms with Gasteiger partial charge in [-0.1, -0.05) is 13.8 Å². The summed E-state index contributed by atoms with van der Waals surface area (Å²) in [6.45, 7) is 4.65. The third-order valence-electron chi connectivity index (χ3n) is 3.20. The Kier molecular flexibility index (Phi) is 5.03. The highest BCUT2D eigenvalue weighted by Crippen LogP contribution is 2.19. The summed E-state index contributed by atoms with van der Waals surface area (Å²) in [6.07, 6.45) is 1.78. The van der Waals surface area contributed by atoms with Gasteiger partial charge >= 0.3 is 5.97 Å². The number of carbonyl (C=O) groups excluding carboxylic acids is 1. The number of aromatic nitrogens is 2. The van der Waals surface area contributed by atoms with Crippen molar-refractivity contribution >= 4 is 11.8 Å². The van der Waals surface area contributed by atoms with E-state index >= 15 is 0 Å². The third kappa shape index (κ3) is 3.16. The maximum absolute atomic E-state index is 11.2. The van der Waals surface area contributed by atoms with Gasteiger partial charge in [0.1, 0.15) is 5.82 Å². The predicted molar refractivity (Wildman–Crippen MR) is 69.4 cm³/mol. The number of methoxy groups -OCH3 is 1. The molecule has 0 saturated heterocycles. The lowest BCUT2D eigenvalue weighted by Gasteiger charge is -2.31. The highest BCUT2D eigenvalue weighted by molar-refractivity contribution is 5.86. The number of nitrogens with two attached hydrogens (primary N) is 1. The average Bonchev–Trinajstić information content (AvgIpc) is 2.45. The van der Waals surface area contributed by atoms with Gasteiger partial charge in [-0.15, -0.1) is 10.2 Å². The van der Waals surface area contributed by atoms with Gasteiger partial charge in [0.15, 0.2) is 5.69 Å². The fourth-order valence-electron chi connectivity index (χ4n) is 1.65. The van der Waals surface area contributed by atoms with Crippen LogP contribution >= 0.6 is 0 Å². The van der Waals surface area contributed by atoms with Gasteiger partial charge in [0.05, 0.1) is 12.6 Å². The Hall–Kier alpha value is -1.69. The van der Waals surface area contributed by atoms with Crippen molar-refractivity contribution in [1.82, 2.24) is 10.2 Å². The van der Waals surface area contributed by atoms with Crippen molar-refractivity contribution in [3.05, 3.63) is 17.8 Å². The minimum absolute atomic E-state index is 0.179. The first-order chi connectivity index (χ1) is 8.60. The average molecular weight is 252 g/mol. The molecule has 6 heteroatoms. The van der Waals surface area contributed by atoms with Gasteiger partial charge in [-0.3, -0.25) is 0 Å². The van der Waals surface area contributed by atoms with Gasteiger partial charge in [0, 0.05) is 6.54 Å². The Morgan fingerprint density at radius 2 is 2.06 bits per heavy atom. The normalized spacial score (nSPS) is 11.1. The molecule has 0 bridgehead atoms. The van der Waals surface area contributed by atoms with Crippen LogP contribution in [-0.4, -0.2) is 35.4 Å². The van der Waals surface area contributed by atoms with Crippen LogP contribution in [0.15, 0.2) is 12.1 Å². The number of anilines is 1. The predicted octanol–water partition coefficient (Wildman–Crippen LogP) is 1.19. The molecule has 0 fully saturated rings. The molecule has 3 N–H and O–H groups in total. The molecule has 18 heavy (non-hydrogen) atoms. The van der Waals surface area contributed by atoms with Crippen LogP contribution in [0.25, 0.3) is 0 Å². The molecule has 0 amide bonds. The number of nitrogens with one attached hydrogen (secondary N) is 1. The van der Waals surface area contributed by atoms with E-state index in [-0.39, 0.29) is 11.2 Å². The molecule has 0 spiro atoms. The Morgan fingerprint density at radius 3 is 2.44 bits per heavy atom. The molecular weight excluding hydrogens is 232 g/mol. The number of carbonyl (C=O) groups is 1. The van der Waals surface area contributed by atoms with Crippen molar-refractivity contribution in [2.24, 2.45) is 5.73 Å².